The van der Waals surface area contributed by atoms with Gasteiger partial charge in [-0.25, -0.2) is 17.8 Å². The van der Waals surface area contributed by atoms with Gasteiger partial charge in [-0.3, -0.25) is 4.79 Å². The van der Waals surface area contributed by atoms with Crippen molar-refractivity contribution in [1.29, 1.82) is 0 Å². The van der Waals surface area contributed by atoms with Crippen LogP contribution in [-0.2, 0) is 16.6 Å². The van der Waals surface area contributed by atoms with E-state index in [2.05, 4.69) is 9.82 Å². The molecule has 3 aromatic rings. The van der Waals surface area contributed by atoms with Crippen LogP contribution in [0.5, 0.6) is 0 Å². The molecule has 0 radical (unpaired) electrons. The Morgan fingerprint density at radius 2 is 1.77 bits per heavy atom. The molecule has 166 valence electrons. The molecule has 2 heterocycles. The van der Waals surface area contributed by atoms with Gasteiger partial charge in [0.25, 0.3) is 15.9 Å². The van der Waals surface area contributed by atoms with E-state index in [1.54, 1.807) is 27.8 Å². The molecule has 0 saturated heterocycles. The van der Waals surface area contributed by atoms with E-state index in [-0.39, 0.29) is 10.9 Å². The van der Waals surface area contributed by atoms with E-state index in [1.165, 1.54) is 17.0 Å². The maximum atomic E-state index is 12.9. The van der Waals surface area contributed by atoms with E-state index in [9.17, 15) is 13.2 Å². The third-order valence-electron chi connectivity index (χ3n) is 4.68. The molecule has 0 bridgehead atoms. The van der Waals surface area contributed by atoms with Gasteiger partial charge in [0.15, 0.2) is 5.76 Å². The van der Waals surface area contributed by atoms with Crippen molar-refractivity contribution >= 4 is 15.9 Å². The normalized spacial score (nSPS) is 12.2. The Morgan fingerprint density at radius 3 is 2.39 bits per heavy atom. The van der Waals surface area contributed by atoms with Crippen LogP contribution >= 0.6 is 0 Å². The molecule has 8 nitrogen and oxygen atoms in total. The van der Waals surface area contributed by atoms with Gasteiger partial charge in [-0.05, 0) is 58.9 Å². The maximum absolute atomic E-state index is 12.9. The first-order valence-electron chi connectivity index (χ1n) is 9.89. The zero-order valence-corrected chi connectivity index (χ0v) is 19.4. The summed E-state index contributed by atoms with van der Waals surface area (Å²) in [6.45, 7) is 9.35. The number of rotatable bonds is 6. The molecule has 0 saturated carbocycles. The molecule has 0 aliphatic rings. The van der Waals surface area contributed by atoms with Crippen LogP contribution in [0.2, 0.25) is 0 Å². The number of hydrogen-bond acceptors (Lipinski definition) is 5. The van der Waals surface area contributed by atoms with E-state index in [0.29, 0.717) is 6.54 Å². The number of carbonyl (C=O) groups is 1. The summed E-state index contributed by atoms with van der Waals surface area (Å²) in [6.07, 6.45) is 0. The van der Waals surface area contributed by atoms with E-state index >= 15 is 0 Å². The van der Waals surface area contributed by atoms with Crippen LogP contribution in [-0.4, -0.2) is 41.6 Å². The van der Waals surface area contributed by atoms with Gasteiger partial charge >= 0.3 is 0 Å². The number of amides is 1. The molecule has 1 aromatic carbocycles. The Hall–Kier alpha value is -2.91. The number of sulfonamides is 1. The minimum Gasteiger partial charge on any atom is -0.438 e. The van der Waals surface area contributed by atoms with Crippen molar-refractivity contribution in [3.8, 4) is 5.69 Å². The van der Waals surface area contributed by atoms with Crippen molar-refractivity contribution in [3.63, 3.8) is 0 Å². The number of carbonyl (C=O) groups excluding carboxylic acids is 1. The van der Waals surface area contributed by atoms with E-state index < -0.39 is 21.5 Å². The number of furan rings is 1. The highest BCUT2D eigenvalue weighted by molar-refractivity contribution is 7.89. The molecule has 1 N–H and O–H groups in total. The fourth-order valence-electron chi connectivity index (χ4n) is 3.25. The molecule has 0 fully saturated rings. The molecule has 3 rings (SSSR count). The first-order valence-corrected chi connectivity index (χ1v) is 11.4. The number of aromatic nitrogens is 2. The summed E-state index contributed by atoms with van der Waals surface area (Å²) in [5, 5.41) is 4.32. The van der Waals surface area contributed by atoms with Crippen LogP contribution in [0.25, 0.3) is 5.69 Å². The Bertz CT molecular complexity index is 1190. The molecule has 0 atom stereocenters. The number of nitrogens with one attached hydrogen (secondary N) is 1. The van der Waals surface area contributed by atoms with Gasteiger partial charge in [-0.2, -0.15) is 5.10 Å². The van der Waals surface area contributed by atoms with E-state index in [4.69, 9.17) is 4.42 Å². The average Bonchev–Trinajstić information content (AvgIpc) is 3.28. The van der Waals surface area contributed by atoms with Crippen LogP contribution in [0.3, 0.4) is 0 Å². The second-order valence-corrected chi connectivity index (χ2v) is 10.1. The van der Waals surface area contributed by atoms with Gasteiger partial charge < -0.3 is 9.32 Å². The van der Waals surface area contributed by atoms with Crippen LogP contribution in [0, 0.1) is 13.8 Å². The summed E-state index contributed by atoms with van der Waals surface area (Å²) in [4.78, 5) is 14.3. The topological polar surface area (TPSA) is 97.4 Å². The molecule has 0 spiro atoms. The number of nitrogens with zero attached hydrogens (tertiary/aromatic N) is 3. The lowest BCUT2D eigenvalue weighted by atomic mass is 10.1. The van der Waals surface area contributed by atoms with Crippen LogP contribution in [0.15, 0.2) is 52.0 Å². The highest BCUT2D eigenvalue weighted by atomic mass is 32.2. The first-order chi connectivity index (χ1) is 14.4. The van der Waals surface area contributed by atoms with Crippen molar-refractivity contribution in [2.75, 3.05) is 7.05 Å². The summed E-state index contributed by atoms with van der Waals surface area (Å²) in [5.41, 5.74) is 2.95. The van der Waals surface area contributed by atoms with Gasteiger partial charge in [0.2, 0.25) is 5.09 Å². The summed E-state index contributed by atoms with van der Waals surface area (Å²) in [6, 6.07) is 12.4. The average molecular weight is 445 g/mol. The van der Waals surface area contributed by atoms with Crippen molar-refractivity contribution in [2.24, 2.45) is 0 Å². The third kappa shape index (κ3) is 5.05. The number of hydrogen-bond donors (Lipinski definition) is 1. The molecule has 0 aliphatic carbocycles. The SMILES string of the molecule is Cc1nn(-c2ccccc2)c(C)c1CN(C)C(=O)c1ccc(S(=O)(=O)NC(C)(C)C)o1. The smallest absolute Gasteiger partial charge is 0.289 e. The zero-order chi connectivity index (χ0) is 23.0. The van der Waals surface area contributed by atoms with E-state index in [1.807, 2.05) is 48.9 Å². The van der Waals surface area contributed by atoms with Crippen molar-refractivity contribution in [3.05, 3.63) is 65.2 Å². The predicted octanol–water partition coefficient (Wildman–Crippen LogP) is 3.43. The second kappa shape index (κ2) is 8.32. The van der Waals surface area contributed by atoms with Crippen LogP contribution < -0.4 is 4.72 Å². The Kier molecular flexibility index (Phi) is 6.11. The molecule has 1 amide bonds. The van der Waals surface area contributed by atoms with Crippen molar-refractivity contribution in [1.82, 2.24) is 19.4 Å². The lowest BCUT2D eigenvalue weighted by Crippen LogP contribution is -2.40. The van der Waals surface area contributed by atoms with Crippen molar-refractivity contribution in [2.45, 2.75) is 51.8 Å². The molecular weight excluding hydrogens is 416 g/mol. The van der Waals surface area contributed by atoms with Gasteiger partial charge in [0.1, 0.15) is 0 Å². The summed E-state index contributed by atoms with van der Waals surface area (Å²) in [5.74, 6) is -0.453. The van der Waals surface area contributed by atoms with E-state index in [0.717, 1.165) is 22.6 Å². The minimum atomic E-state index is -3.86. The van der Waals surface area contributed by atoms with Crippen LogP contribution in [0.4, 0.5) is 0 Å². The quantitative estimate of drug-likeness (QED) is 0.628. The second-order valence-electron chi connectivity index (χ2n) is 8.53. The van der Waals surface area contributed by atoms with Gasteiger partial charge in [0, 0.05) is 30.4 Å². The molecule has 2 aromatic heterocycles. The van der Waals surface area contributed by atoms with Gasteiger partial charge in [-0.1, -0.05) is 18.2 Å². The lowest BCUT2D eigenvalue weighted by molar-refractivity contribution is 0.0747. The van der Waals surface area contributed by atoms with Gasteiger partial charge in [-0.15, -0.1) is 0 Å². The fourth-order valence-corrected chi connectivity index (χ4v) is 4.61. The number of aryl methyl sites for hydroxylation is 1. The van der Waals surface area contributed by atoms with Gasteiger partial charge in [0.05, 0.1) is 11.4 Å². The summed E-state index contributed by atoms with van der Waals surface area (Å²) in [7, 11) is -2.21. The highest BCUT2D eigenvalue weighted by Crippen LogP contribution is 2.21. The number of para-hydroxylation sites is 1. The molecule has 31 heavy (non-hydrogen) atoms. The summed E-state index contributed by atoms with van der Waals surface area (Å²) < 4.78 is 34.6. The van der Waals surface area contributed by atoms with Crippen LogP contribution in [0.1, 0.15) is 48.3 Å². The lowest BCUT2D eigenvalue weighted by Gasteiger charge is -2.19. The minimum absolute atomic E-state index is 0.0393. The number of benzene rings is 1. The third-order valence-corrected chi connectivity index (χ3v) is 6.31. The molecular formula is C22H28N4O4S. The Balaban J connectivity index is 1.80. The molecule has 0 aliphatic heterocycles. The summed E-state index contributed by atoms with van der Waals surface area (Å²) >= 11 is 0. The molecule has 0 unspecified atom stereocenters. The maximum Gasteiger partial charge on any atom is 0.289 e. The Labute approximate surface area is 182 Å². The zero-order valence-electron chi connectivity index (χ0n) is 18.6. The largest absolute Gasteiger partial charge is 0.438 e. The fraction of sp³-hybridized carbons (Fsp3) is 0.364. The monoisotopic (exact) mass is 444 g/mol. The standard InChI is InChI=1S/C22H28N4O4S/c1-15-18(16(2)26(23-15)17-10-8-7-9-11-17)14-25(6)21(27)19-12-13-20(30-19)31(28,29)24-22(3,4)5/h7-13,24H,14H2,1-6H3. The highest BCUT2D eigenvalue weighted by Gasteiger charge is 2.27. The predicted molar refractivity (Wildman–Crippen MR) is 118 cm³/mol. The Morgan fingerprint density at radius 1 is 1.13 bits per heavy atom. The van der Waals surface area contributed by atoms with Crippen molar-refractivity contribution < 1.29 is 17.6 Å². The first kappa shape index (κ1) is 22.8. The molecule has 9 heteroatoms.